The molecule has 2 aromatic carbocycles. The van der Waals surface area contributed by atoms with E-state index in [2.05, 4.69) is 22.5 Å². The zero-order valence-corrected chi connectivity index (χ0v) is 14.5. The maximum Gasteiger partial charge on any atom is 0.338 e. The molecule has 0 unspecified atom stereocenters. The molecule has 0 saturated carbocycles. The molecule has 4 nitrogen and oxygen atoms in total. The fourth-order valence-corrected chi connectivity index (χ4v) is 2.02. The summed E-state index contributed by atoms with van der Waals surface area (Å²) in [5.74, 6) is -2.37. The molecule has 130 valence electrons. The third kappa shape index (κ3) is 5.49. The molecule has 0 amide bonds. The number of benzene rings is 2. The first-order valence-corrected chi connectivity index (χ1v) is 7.89. The van der Waals surface area contributed by atoms with Gasteiger partial charge in [0, 0.05) is 4.48 Å². The smallest absolute Gasteiger partial charge is 0.338 e. The zero-order valence-electron chi connectivity index (χ0n) is 12.9. The van der Waals surface area contributed by atoms with E-state index in [0.717, 1.165) is 24.3 Å². The van der Waals surface area contributed by atoms with E-state index in [1.807, 2.05) is 0 Å². The summed E-state index contributed by atoms with van der Waals surface area (Å²) in [5.41, 5.74) is 0.301. The van der Waals surface area contributed by atoms with E-state index in [1.54, 1.807) is 0 Å². The van der Waals surface area contributed by atoms with Crippen molar-refractivity contribution >= 4 is 27.9 Å². The van der Waals surface area contributed by atoms with Crippen LogP contribution in [0.2, 0.25) is 0 Å². The summed E-state index contributed by atoms with van der Waals surface area (Å²) >= 11 is 3.10. The number of halogens is 3. The average Bonchev–Trinajstić information content (AvgIpc) is 2.59. The van der Waals surface area contributed by atoms with E-state index in [9.17, 15) is 18.4 Å². The lowest BCUT2D eigenvalue weighted by Crippen LogP contribution is -2.25. The standard InChI is InChI=1S/C18H13BrF2O4/c1-11(19)16(25-18(23)13-4-8-15(21)9-5-13)10-24-17(22)12-2-6-14(20)7-3-12/h2-9,16H,1,10H2/t16-/m1/s1. The van der Waals surface area contributed by atoms with Gasteiger partial charge in [-0.05, 0) is 48.5 Å². The van der Waals surface area contributed by atoms with Crippen LogP contribution in [-0.2, 0) is 9.47 Å². The number of esters is 2. The minimum Gasteiger partial charge on any atom is -0.458 e. The Bertz CT molecular complexity index is 773. The highest BCUT2D eigenvalue weighted by atomic mass is 79.9. The normalized spacial score (nSPS) is 11.5. The van der Waals surface area contributed by atoms with Gasteiger partial charge in [0.05, 0.1) is 11.1 Å². The topological polar surface area (TPSA) is 52.6 Å². The summed E-state index contributed by atoms with van der Waals surface area (Å²) in [5, 5.41) is 0. The van der Waals surface area contributed by atoms with Crippen LogP contribution >= 0.6 is 15.9 Å². The van der Waals surface area contributed by atoms with E-state index in [4.69, 9.17) is 9.47 Å². The highest BCUT2D eigenvalue weighted by Gasteiger charge is 2.20. The van der Waals surface area contributed by atoms with Crippen molar-refractivity contribution in [2.75, 3.05) is 6.61 Å². The number of rotatable bonds is 6. The van der Waals surface area contributed by atoms with Crippen LogP contribution in [0.15, 0.2) is 59.6 Å². The zero-order chi connectivity index (χ0) is 18.4. The molecule has 0 bridgehead atoms. The molecule has 0 radical (unpaired) electrons. The molecule has 0 aliphatic rings. The van der Waals surface area contributed by atoms with Crippen molar-refractivity contribution in [3.63, 3.8) is 0 Å². The average molecular weight is 411 g/mol. The fourth-order valence-electron chi connectivity index (χ4n) is 1.79. The first kappa shape index (κ1) is 18.8. The molecule has 0 aliphatic heterocycles. The van der Waals surface area contributed by atoms with Gasteiger partial charge in [-0.15, -0.1) is 0 Å². The van der Waals surface area contributed by atoms with Crippen LogP contribution in [0.1, 0.15) is 20.7 Å². The van der Waals surface area contributed by atoms with E-state index in [-0.39, 0.29) is 22.2 Å². The van der Waals surface area contributed by atoms with E-state index < -0.39 is 29.7 Å². The van der Waals surface area contributed by atoms with E-state index in [1.165, 1.54) is 24.3 Å². The Kier molecular flexibility index (Phi) is 6.41. The second-order valence-corrected chi connectivity index (χ2v) is 5.97. The van der Waals surface area contributed by atoms with Crippen molar-refractivity contribution in [3.05, 3.63) is 82.4 Å². The maximum absolute atomic E-state index is 12.9. The van der Waals surface area contributed by atoms with Gasteiger partial charge in [-0.25, -0.2) is 18.4 Å². The molecular formula is C18H13BrF2O4. The van der Waals surface area contributed by atoms with Crippen molar-refractivity contribution in [2.45, 2.75) is 6.10 Å². The summed E-state index contributed by atoms with van der Waals surface area (Å²) < 4.78 is 36.3. The predicted molar refractivity (Wildman–Crippen MR) is 90.4 cm³/mol. The number of carbonyl (C=O) groups is 2. The first-order valence-electron chi connectivity index (χ1n) is 7.10. The number of hydrogen-bond donors (Lipinski definition) is 0. The Morgan fingerprint density at radius 1 is 0.920 bits per heavy atom. The Hall–Kier alpha value is -2.54. The summed E-state index contributed by atoms with van der Waals surface area (Å²) in [6.45, 7) is 3.33. The van der Waals surface area contributed by atoms with Gasteiger partial charge >= 0.3 is 11.9 Å². The molecular weight excluding hydrogens is 398 g/mol. The molecule has 0 aromatic heterocycles. The third-order valence-electron chi connectivity index (χ3n) is 3.12. The molecule has 0 heterocycles. The molecule has 0 N–H and O–H groups in total. The van der Waals surface area contributed by atoms with Crippen molar-refractivity contribution in [1.29, 1.82) is 0 Å². The van der Waals surface area contributed by atoms with Crippen LogP contribution in [0.25, 0.3) is 0 Å². The molecule has 0 spiro atoms. The Labute approximate surface area is 151 Å². The van der Waals surface area contributed by atoms with Crippen LogP contribution < -0.4 is 0 Å². The summed E-state index contributed by atoms with van der Waals surface area (Å²) in [4.78, 5) is 23.9. The van der Waals surface area contributed by atoms with Crippen molar-refractivity contribution in [2.24, 2.45) is 0 Å². The number of hydrogen-bond acceptors (Lipinski definition) is 4. The van der Waals surface area contributed by atoms with Gasteiger partial charge in [0.25, 0.3) is 0 Å². The molecule has 0 saturated heterocycles. The highest BCUT2D eigenvalue weighted by molar-refractivity contribution is 9.11. The van der Waals surface area contributed by atoms with Gasteiger partial charge in [0.15, 0.2) is 6.10 Å². The maximum atomic E-state index is 12.9. The Morgan fingerprint density at radius 2 is 1.36 bits per heavy atom. The van der Waals surface area contributed by atoms with Crippen molar-refractivity contribution in [1.82, 2.24) is 0 Å². The van der Waals surface area contributed by atoms with E-state index in [0.29, 0.717) is 0 Å². The monoisotopic (exact) mass is 410 g/mol. The van der Waals surface area contributed by atoms with Crippen LogP contribution in [0.4, 0.5) is 8.78 Å². The lowest BCUT2D eigenvalue weighted by Gasteiger charge is -2.17. The quantitative estimate of drug-likeness (QED) is 0.667. The van der Waals surface area contributed by atoms with Gasteiger partial charge in [-0.3, -0.25) is 0 Å². The second-order valence-electron chi connectivity index (χ2n) is 4.95. The summed E-state index contributed by atoms with van der Waals surface area (Å²) in [6.07, 6.45) is -0.943. The molecule has 25 heavy (non-hydrogen) atoms. The Balaban J connectivity index is 1.97. The minimum absolute atomic E-state index is 0.144. The second kappa shape index (κ2) is 8.53. The van der Waals surface area contributed by atoms with Gasteiger partial charge < -0.3 is 9.47 Å². The molecule has 2 aromatic rings. The number of carbonyl (C=O) groups excluding carboxylic acids is 2. The predicted octanol–water partition coefficient (Wildman–Crippen LogP) is 4.26. The minimum atomic E-state index is -0.943. The molecule has 2 rings (SSSR count). The first-order chi connectivity index (χ1) is 11.9. The highest BCUT2D eigenvalue weighted by Crippen LogP contribution is 2.16. The summed E-state index contributed by atoms with van der Waals surface area (Å²) in [7, 11) is 0. The lowest BCUT2D eigenvalue weighted by molar-refractivity contribution is 0.0107. The van der Waals surface area contributed by atoms with Crippen LogP contribution in [-0.4, -0.2) is 24.6 Å². The Morgan fingerprint density at radius 3 is 1.80 bits per heavy atom. The van der Waals surface area contributed by atoms with Crippen LogP contribution in [0.5, 0.6) is 0 Å². The van der Waals surface area contributed by atoms with Gasteiger partial charge in [-0.1, -0.05) is 22.5 Å². The molecule has 0 fully saturated rings. The van der Waals surface area contributed by atoms with Crippen molar-refractivity contribution < 1.29 is 27.8 Å². The molecule has 7 heteroatoms. The SMILES string of the molecule is C=C(Br)[C@@H](COC(=O)c1ccc(F)cc1)OC(=O)c1ccc(F)cc1. The number of ether oxygens (including phenoxy) is 2. The summed E-state index contributed by atoms with van der Waals surface area (Å²) in [6, 6.07) is 9.62. The van der Waals surface area contributed by atoms with E-state index >= 15 is 0 Å². The fraction of sp³-hybridized carbons (Fsp3) is 0.111. The van der Waals surface area contributed by atoms with Crippen LogP contribution in [0.3, 0.4) is 0 Å². The van der Waals surface area contributed by atoms with Gasteiger partial charge in [0.1, 0.15) is 18.2 Å². The third-order valence-corrected chi connectivity index (χ3v) is 3.63. The molecule has 1 atom stereocenters. The van der Waals surface area contributed by atoms with Crippen molar-refractivity contribution in [3.8, 4) is 0 Å². The largest absolute Gasteiger partial charge is 0.458 e. The van der Waals surface area contributed by atoms with Crippen LogP contribution in [0, 0.1) is 11.6 Å². The van der Waals surface area contributed by atoms with Gasteiger partial charge in [-0.2, -0.15) is 0 Å². The lowest BCUT2D eigenvalue weighted by atomic mass is 10.2. The van der Waals surface area contributed by atoms with Gasteiger partial charge in [0.2, 0.25) is 0 Å². The molecule has 0 aliphatic carbocycles.